The van der Waals surface area contributed by atoms with Crippen LogP contribution in [0.2, 0.25) is 0 Å². The fourth-order valence-electron chi connectivity index (χ4n) is 3.83. The molecule has 3 rings (SSSR count). The van der Waals surface area contributed by atoms with Crippen molar-refractivity contribution in [2.45, 2.75) is 46.3 Å². The van der Waals surface area contributed by atoms with Crippen LogP contribution in [0.5, 0.6) is 11.5 Å². The summed E-state index contributed by atoms with van der Waals surface area (Å²) in [5, 5.41) is 8.06. The van der Waals surface area contributed by atoms with Gasteiger partial charge < -0.3 is 34.9 Å². The third-order valence-corrected chi connectivity index (χ3v) is 6.09. The minimum atomic E-state index is -0.830. The van der Waals surface area contributed by atoms with Crippen LogP contribution in [0.4, 0.5) is 10.5 Å². The summed E-state index contributed by atoms with van der Waals surface area (Å²) in [5.74, 6) is -0.955. The summed E-state index contributed by atoms with van der Waals surface area (Å²) >= 11 is 3.45. The predicted octanol–water partition coefficient (Wildman–Crippen LogP) is 4.62. The van der Waals surface area contributed by atoms with Crippen LogP contribution in [0.15, 0.2) is 52.1 Å². The molecule has 1 aliphatic heterocycles. The van der Waals surface area contributed by atoms with Crippen molar-refractivity contribution in [3.05, 3.63) is 63.3 Å². The number of nitrogens with one attached hydrogen (secondary N) is 3. The fourth-order valence-corrected chi connectivity index (χ4v) is 4.41. The number of carbonyl (C=O) groups excluding carboxylic acids is 4. The summed E-state index contributed by atoms with van der Waals surface area (Å²) in [6.07, 6.45) is 0. The second-order valence-corrected chi connectivity index (χ2v) is 10.6. The van der Waals surface area contributed by atoms with E-state index in [0.717, 1.165) is 0 Å². The molecule has 12 heteroatoms. The zero-order valence-corrected chi connectivity index (χ0v) is 24.7. The van der Waals surface area contributed by atoms with Crippen LogP contribution in [0, 0.1) is 0 Å². The Morgan fingerprint density at radius 2 is 1.75 bits per heavy atom. The van der Waals surface area contributed by atoms with Gasteiger partial charge >= 0.3 is 18.0 Å². The summed E-state index contributed by atoms with van der Waals surface area (Å²) in [7, 11) is 1.43. The minimum absolute atomic E-state index is 0.241. The molecular weight excluding hydrogens is 586 g/mol. The molecule has 1 heterocycles. The Hall–Kier alpha value is -4.06. The average Bonchev–Trinajstić information content (AvgIpc) is 2.86. The highest BCUT2D eigenvalue weighted by atomic mass is 79.9. The zero-order valence-electron chi connectivity index (χ0n) is 23.1. The number of hydrogen-bond acceptors (Lipinski definition) is 8. The van der Waals surface area contributed by atoms with Crippen molar-refractivity contribution < 1.29 is 38.1 Å². The lowest BCUT2D eigenvalue weighted by molar-refractivity contribution is -0.150. The van der Waals surface area contributed by atoms with Crippen LogP contribution in [-0.2, 0) is 19.1 Å². The molecular formula is C28H32BrN3O8. The van der Waals surface area contributed by atoms with Crippen molar-refractivity contribution in [3.8, 4) is 11.5 Å². The maximum atomic E-state index is 13.0. The van der Waals surface area contributed by atoms with Gasteiger partial charge in [0.05, 0.1) is 35.4 Å². The number of halogens is 1. The van der Waals surface area contributed by atoms with Gasteiger partial charge in [0.15, 0.2) is 18.1 Å². The second kappa shape index (κ2) is 12.9. The van der Waals surface area contributed by atoms with Gasteiger partial charge in [0.25, 0.3) is 5.91 Å². The number of methoxy groups -OCH3 is 1. The Morgan fingerprint density at radius 3 is 2.35 bits per heavy atom. The first-order valence-electron chi connectivity index (χ1n) is 12.4. The molecule has 0 aliphatic carbocycles. The number of amides is 3. The largest absolute Gasteiger partial charge is 0.493 e. The van der Waals surface area contributed by atoms with Crippen LogP contribution >= 0.6 is 15.9 Å². The normalized spacial score (nSPS) is 15.0. The van der Waals surface area contributed by atoms with Crippen LogP contribution in [-0.4, -0.2) is 49.8 Å². The van der Waals surface area contributed by atoms with E-state index in [1.54, 1.807) is 71.0 Å². The predicted molar refractivity (Wildman–Crippen MR) is 150 cm³/mol. The molecule has 3 N–H and O–H groups in total. The molecule has 2 aromatic rings. The van der Waals surface area contributed by atoms with E-state index in [-0.39, 0.29) is 30.3 Å². The van der Waals surface area contributed by atoms with Crippen LogP contribution in [0.25, 0.3) is 0 Å². The number of carbonyl (C=O) groups is 4. The van der Waals surface area contributed by atoms with Gasteiger partial charge in [0.2, 0.25) is 0 Å². The van der Waals surface area contributed by atoms with Crippen LogP contribution < -0.4 is 25.4 Å². The van der Waals surface area contributed by atoms with E-state index >= 15 is 0 Å². The quantitative estimate of drug-likeness (QED) is 0.346. The van der Waals surface area contributed by atoms with E-state index in [0.29, 0.717) is 27.0 Å². The Kier molecular flexibility index (Phi) is 9.80. The van der Waals surface area contributed by atoms with Gasteiger partial charge in [0, 0.05) is 11.4 Å². The Bertz CT molecular complexity index is 1330. The van der Waals surface area contributed by atoms with Crippen molar-refractivity contribution >= 4 is 45.5 Å². The molecule has 0 saturated carbocycles. The highest BCUT2D eigenvalue weighted by Gasteiger charge is 2.35. The van der Waals surface area contributed by atoms with Gasteiger partial charge in [-0.15, -0.1) is 0 Å². The summed E-state index contributed by atoms with van der Waals surface area (Å²) < 4.78 is 22.2. The monoisotopic (exact) mass is 617 g/mol. The number of allylic oxidation sites excluding steroid dienone is 1. The van der Waals surface area contributed by atoms with Crippen LogP contribution in [0.3, 0.4) is 0 Å². The average molecular weight is 618 g/mol. The van der Waals surface area contributed by atoms with Crippen molar-refractivity contribution in [2.24, 2.45) is 0 Å². The van der Waals surface area contributed by atoms with Gasteiger partial charge in [-0.25, -0.2) is 14.4 Å². The van der Waals surface area contributed by atoms with E-state index < -0.39 is 35.5 Å². The van der Waals surface area contributed by atoms with Gasteiger partial charge in [-0.2, -0.15) is 0 Å². The zero-order chi connectivity index (χ0) is 29.6. The molecule has 0 radical (unpaired) electrons. The molecule has 1 atom stereocenters. The lowest BCUT2D eigenvalue weighted by Crippen LogP contribution is -2.46. The van der Waals surface area contributed by atoms with E-state index in [1.165, 1.54) is 7.11 Å². The van der Waals surface area contributed by atoms with Crippen LogP contribution in [0.1, 0.15) is 56.6 Å². The molecule has 2 aromatic carbocycles. The number of rotatable bonds is 9. The number of benzene rings is 2. The van der Waals surface area contributed by atoms with Crippen molar-refractivity contribution in [1.29, 1.82) is 0 Å². The van der Waals surface area contributed by atoms with Gasteiger partial charge in [-0.1, -0.05) is 0 Å². The number of esters is 2. The topological polar surface area (TPSA) is 141 Å². The molecule has 0 fully saturated rings. The molecule has 0 aromatic heterocycles. The van der Waals surface area contributed by atoms with E-state index in [4.69, 9.17) is 18.9 Å². The summed E-state index contributed by atoms with van der Waals surface area (Å²) in [6.45, 7) is 8.53. The molecule has 3 amide bonds. The maximum Gasteiger partial charge on any atom is 0.338 e. The SMILES string of the molecule is CCOC(=O)c1ccc(NC(=O)COc2c(Br)cc([C@@H]3NC(=O)NC(C)=C3C(=O)OC(C)(C)C)cc2OC)cc1. The molecule has 0 unspecified atom stereocenters. The van der Waals surface area contributed by atoms with Crippen molar-refractivity contribution in [2.75, 3.05) is 25.6 Å². The van der Waals surface area contributed by atoms with E-state index in [2.05, 4.69) is 31.9 Å². The third-order valence-electron chi connectivity index (χ3n) is 5.50. The molecule has 0 spiro atoms. The highest BCUT2D eigenvalue weighted by Crippen LogP contribution is 2.40. The fraction of sp³-hybridized carbons (Fsp3) is 0.357. The Balaban J connectivity index is 1.77. The molecule has 0 bridgehead atoms. The minimum Gasteiger partial charge on any atom is -0.493 e. The third kappa shape index (κ3) is 7.75. The molecule has 40 heavy (non-hydrogen) atoms. The Labute approximate surface area is 240 Å². The summed E-state index contributed by atoms with van der Waals surface area (Å²) in [4.78, 5) is 49.6. The number of ether oxygens (including phenoxy) is 4. The lowest BCUT2D eigenvalue weighted by Gasteiger charge is -2.30. The lowest BCUT2D eigenvalue weighted by atomic mass is 9.95. The molecule has 214 valence electrons. The first-order valence-corrected chi connectivity index (χ1v) is 13.2. The Morgan fingerprint density at radius 1 is 1.07 bits per heavy atom. The standard InChI is InChI=1S/C28H32BrN3O8/c1-7-38-25(34)16-8-10-18(11-9-16)31-21(33)14-39-24-19(29)12-17(13-20(24)37-6)23-22(15(2)30-27(36)32-23)26(35)40-28(3,4)5/h8-13,23H,7,14H2,1-6H3,(H,31,33)(H2,30,32,36)/t23-/m0/s1. The van der Waals surface area contributed by atoms with E-state index in [9.17, 15) is 19.2 Å². The number of hydrogen-bond donors (Lipinski definition) is 3. The summed E-state index contributed by atoms with van der Waals surface area (Å²) in [5.41, 5.74) is 1.24. The van der Waals surface area contributed by atoms with Gasteiger partial charge in [-0.05, 0) is 92.5 Å². The highest BCUT2D eigenvalue weighted by molar-refractivity contribution is 9.10. The van der Waals surface area contributed by atoms with Gasteiger partial charge in [-0.3, -0.25) is 4.79 Å². The van der Waals surface area contributed by atoms with Crippen molar-refractivity contribution in [3.63, 3.8) is 0 Å². The number of anilines is 1. The molecule has 11 nitrogen and oxygen atoms in total. The first kappa shape index (κ1) is 30.5. The van der Waals surface area contributed by atoms with E-state index in [1.807, 2.05) is 0 Å². The summed E-state index contributed by atoms with van der Waals surface area (Å²) in [6, 6.07) is 8.24. The first-order chi connectivity index (χ1) is 18.8. The molecule has 1 aliphatic rings. The smallest absolute Gasteiger partial charge is 0.338 e. The van der Waals surface area contributed by atoms with Crippen molar-refractivity contribution in [1.82, 2.24) is 10.6 Å². The van der Waals surface area contributed by atoms with Gasteiger partial charge in [0.1, 0.15) is 5.60 Å². The molecule has 0 saturated heterocycles. The second-order valence-electron chi connectivity index (χ2n) is 9.74. The maximum absolute atomic E-state index is 13.0. The number of urea groups is 1.